The Morgan fingerprint density at radius 2 is 2.17 bits per heavy atom. The molecule has 1 unspecified atom stereocenters. The number of rotatable bonds is 3. The molecule has 2 aromatic rings. The molecule has 98 valence electrons. The van der Waals surface area contributed by atoms with Gasteiger partial charge in [0.1, 0.15) is 0 Å². The van der Waals surface area contributed by atoms with Crippen LogP contribution in [0.4, 0.5) is 5.95 Å². The van der Waals surface area contributed by atoms with E-state index in [2.05, 4.69) is 20.6 Å². The molecule has 4 nitrogen and oxygen atoms in total. The van der Waals surface area contributed by atoms with E-state index in [1.165, 1.54) is 19.3 Å². The summed E-state index contributed by atoms with van der Waals surface area (Å²) in [6.45, 7) is 2.09. The summed E-state index contributed by atoms with van der Waals surface area (Å²) in [4.78, 5) is 7.79. The first-order valence-corrected chi connectivity index (χ1v) is 6.34. The molecule has 0 aliphatic carbocycles. The van der Waals surface area contributed by atoms with Crippen LogP contribution in [0.3, 0.4) is 0 Å². The van der Waals surface area contributed by atoms with Gasteiger partial charge in [0.25, 0.3) is 0 Å². The fourth-order valence-corrected chi connectivity index (χ4v) is 2.35. The highest BCUT2D eigenvalue weighted by Gasteiger charge is 2.12. The lowest BCUT2D eigenvalue weighted by Gasteiger charge is -2.23. The molecule has 1 fully saturated rings. The third kappa shape index (κ3) is 2.94. The predicted octanol–water partition coefficient (Wildman–Crippen LogP) is 2.54. The Hall–Kier alpha value is -1.26. The zero-order valence-electron chi connectivity index (χ0n) is 10.3. The standard InChI is InChI=1S/C13H18N4.ClH/c1-2-7-12-11(6-1)16-13(17-12)15-9-10-5-3-4-8-14-10;/h1-2,6-7,10,14H,3-5,8-9H2,(H2,15,16,17);1H. The van der Waals surface area contributed by atoms with Gasteiger partial charge in [0.2, 0.25) is 5.95 Å². The summed E-state index contributed by atoms with van der Waals surface area (Å²) in [5.74, 6) is 0.874. The molecule has 1 aromatic carbocycles. The van der Waals surface area contributed by atoms with Crippen LogP contribution in [0.5, 0.6) is 0 Å². The number of aromatic amines is 1. The molecule has 3 rings (SSSR count). The molecule has 1 saturated heterocycles. The maximum absolute atomic E-state index is 4.50. The lowest BCUT2D eigenvalue weighted by molar-refractivity contribution is 0.414. The molecule has 3 N–H and O–H groups in total. The Balaban J connectivity index is 0.00000120. The number of nitrogens with zero attached hydrogens (tertiary/aromatic N) is 1. The molecule has 1 atom stereocenters. The number of para-hydroxylation sites is 2. The van der Waals surface area contributed by atoms with E-state index in [0.717, 1.165) is 30.1 Å². The molecule has 0 bridgehead atoms. The summed E-state index contributed by atoms with van der Waals surface area (Å²) >= 11 is 0. The van der Waals surface area contributed by atoms with Crippen molar-refractivity contribution in [2.24, 2.45) is 0 Å². The minimum Gasteiger partial charge on any atom is -0.354 e. The largest absolute Gasteiger partial charge is 0.354 e. The van der Waals surface area contributed by atoms with E-state index in [0.29, 0.717) is 6.04 Å². The van der Waals surface area contributed by atoms with Crippen LogP contribution in [0.25, 0.3) is 11.0 Å². The van der Waals surface area contributed by atoms with Gasteiger partial charge in [-0.05, 0) is 31.5 Å². The van der Waals surface area contributed by atoms with Crippen LogP contribution in [0.2, 0.25) is 0 Å². The first-order chi connectivity index (χ1) is 8.42. The van der Waals surface area contributed by atoms with Gasteiger partial charge in [-0.2, -0.15) is 0 Å². The smallest absolute Gasteiger partial charge is 0.201 e. The number of benzene rings is 1. The second kappa shape index (κ2) is 6.07. The van der Waals surface area contributed by atoms with Crippen LogP contribution < -0.4 is 10.6 Å². The van der Waals surface area contributed by atoms with Gasteiger partial charge in [-0.1, -0.05) is 18.6 Å². The predicted molar refractivity (Wildman–Crippen MR) is 77.5 cm³/mol. The first-order valence-electron chi connectivity index (χ1n) is 6.34. The molecular weight excluding hydrogens is 248 g/mol. The molecule has 0 amide bonds. The Kier molecular flexibility index (Phi) is 4.44. The van der Waals surface area contributed by atoms with Crippen molar-refractivity contribution in [3.8, 4) is 0 Å². The average Bonchev–Trinajstić information content (AvgIpc) is 2.80. The number of imidazole rings is 1. The summed E-state index contributed by atoms with van der Waals surface area (Å²) in [5.41, 5.74) is 2.11. The number of fused-ring (bicyclic) bond motifs is 1. The third-order valence-electron chi connectivity index (χ3n) is 3.32. The van der Waals surface area contributed by atoms with Gasteiger partial charge in [0.15, 0.2) is 0 Å². The third-order valence-corrected chi connectivity index (χ3v) is 3.32. The normalized spacial score (nSPS) is 19.4. The van der Waals surface area contributed by atoms with Crippen LogP contribution in [-0.4, -0.2) is 29.1 Å². The molecule has 1 aliphatic rings. The van der Waals surface area contributed by atoms with Crippen molar-refractivity contribution in [1.82, 2.24) is 15.3 Å². The van der Waals surface area contributed by atoms with Crippen molar-refractivity contribution in [3.63, 3.8) is 0 Å². The van der Waals surface area contributed by atoms with Gasteiger partial charge in [-0.25, -0.2) is 4.98 Å². The van der Waals surface area contributed by atoms with Crippen molar-refractivity contribution < 1.29 is 0 Å². The monoisotopic (exact) mass is 266 g/mol. The zero-order valence-corrected chi connectivity index (χ0v) is 11.1. The Labute approximate surface area is 113 Å². The molecule has 1 aliphatic heterocycles. The number of anilines is 1. The lowest BCUT2D eigenvalue weighted by atomic mass is 10.1. The number of H-pyrrole nitrogens is 1. The maximum atomic E-state index is 4.50. The average molecular weight is 267 g/mol. The number of hydrogen-bond donors (Lipinski definition) is 3. The zero-order chi connectivity index (χ0) is 11.5. The van der Waals surface area contributed by atoms with Crippen molar-refractivity contribution in [2.75, 3.05) is 18.4 Å². The van der Waals surface area contributed by atoms with Crippen molar-refractivity contribution in [3.05, 3.63) is 24.3 Å². The lowest BCUT2D eigenvalue weighted by Crippen LogP contribution is -2.39. The van der Waals surface area contributed by atoms with Gasteiger partial charge in [0, 0.05) is 12.6 Å². The highest BCUT2D eigenvalue weighted by Crippen LogP contribution is 2.14. The van der Waals surface area contributed by atoms with E-state index >= 15 is 0 Å². The summed E-state index contributed by atoms with van der Waals surface area (Å²) < 4.78 is 0. The van der Waals surface area contributed by atoms with Crippen LogP contribution in [0, 0.1) is 0 Å². The highest BCUT2D eigenvalue weighted by molar-refractivity contribution is 5.85. The number of nitrogens with one attached hydrogen (secondary N) is 3. The minimum atomic E-state index is 0. The molecular formula is C13H19ClN4. The molecule has 1 aromatic heterocycles. The minimum absolute atomic E-state index is 0. The van der Waals surface area contributed by atoms with Gasteiger partial charge in [-0.15, -0.1) is 12.4 Å². The van der Waals surface area contributed by atoms with Crippen LogP contribution in [-0.2, 0) is 0 Å². The molecule has 0 saturated carbocycles. The number of halogens is 1. The fourth-order valence-electron chi connectivity index (χ4n) is 2.35. The van der Waals surface area contributed by atoms with E-state index in [9.17, 15) is 0 Å². The van der Waals surface area contributed by atoms with E-state index in [1.54, 1.807) is 0 Å². The Morgan fingerprint density at radius 3 is 2.94 bits per heavy atom. The fraction of sp³-hybridized carbons (Fsp3) is 0.462. The molecule has 5 heteroatoms. The van der Waals surface area contributed by atoms with Crippen molar-refractivity contribution >= 4 is 29.4 Å². The Morgan fingerprint density at radius 1 is 1.28 bits per heavy atom. The maximum Gasteiger partial charge on any atom is 0.201 e. The second-order valence-electron chi connectivity index (χ2n) is 4.63. The summed E-state index contributed by atoms with van der Waals surface area (Å²) in [7, 11) is 0. The van der Waals surface area contributed by atoms with Gasteiger partial charge in [-0.3, -0.25) is 0 Å². The first kappa shape index (κ1) is 13.2. The van der Waals surface area contributed by atoms with Crippen molar-refractivity contribution in [2.45, 2.75) is 25.3 Å². The highest BCUT2D eigenvalue weighted by atomic mass is 35.5. The SMILES string of the molecule is Cl.c1ccc2[nH]c(NCC3CCCCN3)nc2c1. The number of aromatic nitrogens is 2. The molecule has 0 spiro atoms. The van der Waals surface area contributed by atoms with Crippen molar-refractivity contribution in [1.29, 1.82) is 0 Å². The summed E-state index contributed by atoms with van der Waals surface area (Å²) in [5, 5.41) is 6.89. The van der Waals surface area contributed by atoms with Gasteiger partial charge in [0.05, 0.1) is 11.0 Å². The second-order valence-corrected chi connectivity index (χ2v) is 4.63. The van der Waals surface area contributed by atoms with Crippen LogP contribution >= 0.6 is 12.4 Å². The van der Waals surface area contributed by atoms with Crippen LogP contribution in [0.15, 0.2) is 24.3 Å². The molecule has 0 radical (unpaired) electrons. The topological polar surface area (TPSA) is 52.7 Å². The number of piperidine rings is 1. The van der Waals surface area contributed by atoms with Gasteiger partial charge < -0.3 is 15.6 Å². The van der Waals surface area contributed by atoms with E-state index in [4.69, 9.17) is 0 Å². The summed E-state index contributed by atoms with van der Waals surface area (Å²) in [6.07, 6.45) is 3.90. The van der Waals surface area contributed by atoms with E-state index in [1.807, 2.05) is 24.3 Å². The Bertz CT molecular complexity index is 457. The summed E-state index contributed by atoms with van der Waals surface area (Å²) in [6, 6.07) is 8.68. The van der Waals surface area contributed by atoms with E-state index in [-0.39, 0.29) is 12.4 Å². The van der Waals surface area contributed by atoms with E-state index < -0.39 is 0 Å². The van der Waals surface area contributed by atoms with Crippen LogP contribution in [0.1, 0.15) is 19.3 Å². The molecule has 2 heterocycles. The quantitative estimate of drug-likeness (QED) is 0.800. The molecule has 18 heavy (non-hydrogen) atoms. The number of hydrogen-bond acceptors (Lipinski definition) is 3. The van der Waals surface area contributed by atoms with Gasteiger partial charge >= 0.3 is 0 Å².